The number of hydrogen-bond donors (Lipinski definition) is 2. The average Bonchev–Trinajstić information content (AvgIpc) is 2.74. The van der Waals surface area contributed by atoms with E-state index in [1.165, 1.54) is 24.4 Å². The van der Waals surface area contributed by atoms with E-state index in [0.29, 0.717) is 23.7 Å². The average molecular weight is 460 g/mol. The molecule has 0 saturated heterocycles. The van der Waals surface area contributed by atoms with Crippen LogP contribution in [0.25, 0.3) is 0 Å². The molecule has 0 aliphatic carbocycles. The van der Waals surface area contributed by atoms with E-state index in [2.05, 4.69) is 9.71 Å². The molecule has 0 aliphatic heterocycles. The summed E-state index contributed by atoms with van der Waals surface area (Å²) >= 11 is 6.04. The largest absolute Gasteiger partial charge is 0.478 e. The first kappa shape index (κ1) is 22.6. The predicted octanol–water partition coefficient (Wildman–Crippen LogP) is 4.57. The van der Waals surface area contributed by atoms with Crippen molar-refractivity contribution in [2.45, 2.75) is 25.3 Å². The summed E-state index contributed by atoms with van der Waals surface area (Å²) in [6, 6.07) is 15.4. The highest BCUT2D eigenvalue weighted by atomic mass is 35.5. The van der Waals surface area contributed by atoms with E-state index in [0.717, 1.165) is 5.56 Å². The summed E-state index contributed by atoms with van der Waals surface area (Å²) in [6.45, 7) is 4.49. The highest BCUT2D eigenvalue weighted by Crippen LogP contribution is 2.27. The highest BCUT2D eigenvalue weighted by Gasteiger charge is 2.22. The molecule has 0 spiro atoms. The number of hydrogen-bond acceptors (Lipinski definition) is 5. The van der Waals surface area contributed by atoms with Crippen molar-refractivity contribution in [3.8, 4) is 0 Å². The van der Waals surface area contributed by atoms with Gasteiger partial charge in [-0.1, -0.05) is 48.0 Å². The molecule has 9 heteroatoms. The maximum Gasteiger partial charge on any atom is 0.339 e. The van der Waals surface area contributed by atoms with Crippen molar-refractivity contribution in [1.29, 1.82) is 0 Å². The summed E-state index contributed by atoms with van der Waals surface area (Å²) in [5, 5.41) is 10.1. The van der Waals surface area contributed by atoms with E-state index in [4.69, 9.17) is 11.6 Å². The molecule has 0 saturated carbocycles. The van der Waals surface area contributed by atoms with Crippen LogP contribution in [0.3, 0.4) is 0 Å². The molecule has 0 bridgehead atoms. The molecule has 0 aliphatic rings. The topological polar surface area (TPSA) is 99.6 Å². The smallest absolute Gasteiger partial charge is 0.339 e. The molecular weight excluding hydrogens is 438 g/mol. The van der Waals surface area contributed by atoms with E-state index in [1.807, 2.05) is 42.2 Å². The van der Waals surface area contributed by atoms with Gasteiger partial charge in [0.25, 0.3) is 10.0 Å². The second-order valence-electron chi connectivity index (χ2n) is 6.87. The summed E-state index contributed by atoms with van der Waals surface area (Å²) in [5.41, 5.74) is 1.36. The lowest BCUT2D eigenvalue weighted by atomic mass is 10.2. The van der Waals surface area contributed by atoms with Crippen LogP contribution in [0.2, 0.25) is 5.02 Å². The Morgan fingerprint density at radius 1 is 1.16 bits per heavy atom. The molecule has 3 aromatic rings. The second kappa shape index (κ2) is 9.36. The lowest BCUT2D eigenvalue weighted by Crippen LogP contribution is -2.25. The Kier molecular flexibility index (Phi) is 6.82. The quantitative estimate of drug-likeness (QED) is 0.512. The third-order valence-electron chi connectivity index (χ3n) is 4.75. The van der Waals surface area contributed by atoms with Gasteiger partial charge in [0.15, 0.2) is 0 Å². The summed E-state index contributed by atoms with van der Waals surface area (Å²) < 4.78 is 28.0. The van der Waals surface area contributed by atoms with Gasteiger partial charge in [0, 0.05) is 18.1 Å². The maximum atomic E-state index is 12.8. The number of carboxylic acids is 1. The fourth-order valence-electron chi connectivity index (χ4n) is 3.15. The molecule has 0 fully saturated rings. The van der Waals surface area contributed by atoms with E-state index >= 15 is 0 Å². The highest BCUT2D eigenvalue weighted by molar-refractivity contribution is 7.92. The molecule has 2 aromatic carbocycles. The van der Waals surface area contributed by atoms with E-state index < -0.39 is 16.0 Å². The Morgan fingerprint density at radius 3 is 2.52 bits per heavy atom. The molecule has 0 amide bonds. The minimum atomic E-state index is -3.98. The van der Waals surface area contributed by atoms with Crippen molar-refractivity contribution in [3.05, 3.63) is 82.5 Å². The van der Waals surface area contributed by atoms with Crippen LogP contribution in [-0.2, 0) is 16.6 Å². The van der Waals surface area contributed by atoms with Crippen molar-refractivity contribution in [3.63, 3.8) is 0 Å². The third-order valence-corrected chi connectivity index (χ3v) is 6.69. The molecular formula is C22H22ClN3O4S. The van der Waals surface area contributed by atoms with Crippen molar-refractivity contribution in [2.24, 2.45) is 0 Å². The Bertz CT molecular complexity index is 1200. The number of pyridine rings is 1. The normalized spacial score (nSPS) is 11.2. The minimum absolute atomic E-state index is 0.0141. The van der Waals surface area contributed by atoms with E-state index in [-0.39, 0.29) is 22.0 Å². The zero-order valence-corrected chi connectivity index (χ0v) is 18.6. The standard InChI is InChI=1S/C22H22ClN3O4S/c1-3-26(14-16-8-5-4-6-9-16)21-18(22(27)28)12-17(13-24-21)25-31(29,30)20-11-7-10-19(23)15(20)2/h4-13,25H,3,14H2,1-2H3,(H,27,28). The fourth-order valence-corrected chi connectivity index (χ4v) is 4.69. The van der Waals surface area contributed by atoms with Crippen molar-refractivity contribution >= 4 is 39.1 Å². The summed E-state index contributed by atoms with van der Waals surface area (Å²) in [6.07, 6.45) is 1.31. The molecule has 3 rings (SSSR count). The Morgan fingerprint density at radius 2 is 1.87 bits per heavy atom. The molecule has 0 unspecified atom stereocenters. The Balaban J connectivity index is 1.94. The molecule has 2 N–H and O–H groups in total. The summed E-state index contributed by atoms with van der Waals surface area (Å²) in [5.74, 6) is -0.935. The number of carbonyl (C=O) groups is 1. The van der Waals surface area contributed by atoms with Gasteiger partial charge in [-0.05, 0) is 43.2 Å². The lowest BCUT2D eigenvalue weighted by molar-refractivity contribution is 0.0697. The SMILES string of the molecule is CCN(Cc1ccccc1)c1ncc(NS(=O)(=O)c2cccc(Cl)c2C)cc1C(=O)O. The number of carboxylic acid groups (broad SMARTS) is 1. The third kappa shape index (κ3) is 5.15. The van der Waals surface area contributed by atoms with Gasteiger partial charge >= 0.3 is 5.97 Å². The van der Waals surface area contributed by atoms with Crippen molar-refractivity contribution in [1.82, 2.24) is 4.98 Å². The van der Waals surface area contributed by atoms with Crippen LogP contribution in [0.1, 0.15) is 28.4 Å². The number of aromatic nitrogens is 1. The number of nitrogens with zero attached hydrogens (tertiary/aromatic N) is 2. The molecule has 1 heterocycles. The first-order valence-electron chi connectivity index (χ1n) is 9.53. The number of rotatable bonds is 8. The Hall–Kier alpha value is -3.10. The number of sulfonamides is 1. The number of halogens is 1. The molecule has 1 aromatic heterocycles. The minimum Gasteiger partial charge on any atom is -0.478 e. The fraction of sp³-hybridized carbons (Fsp3) is 0.182. The van der Waals surface area contributed by atoms with Crippen LogP contribution < -0.4 is 9.62 Å². The van der Waals surface area contributed by atoms with Crippen LogP contribution in [0.5, 0.6) is 0 Å². The molecule has 0 radical (unpaired) electrons. The number of aromatic carboxylic acids is 1. The van der Waals surface area contributed by atoms with Gasteiger partial charge in [-0.3, -0.25) is 4.72 Å². The molecule has 162 valence electrons. The van der Waals surface area contributed by atoms with Crippen LogP contribution >= 0.6 is 11.6 Å². The second-order valence-corrected chi connectivity index (χ2v) is 8.93. The van der Waals surface area contributed by atoms with Crippen LogP contribution in [0, 0.1) is 6.92 Å². The zero-order chi connectivity index (χ0) is 22.6. The van der Waals surface area contributed by atoms with Gasteiger partial charge < -0.3 is 10.0 Å². The molecule has 7 nitrogen and oxygen atoms in total. The first-order valence-corrected chi connectivity index (χ1v) is 11.4. The molecule has 0 atom stereocenters. The molecule has 31 heavy (non-hydrogen) atoms. The van der Waals surface area contributed by atoms with Crippen molar-refractivity contribution < 1.29 is 18.3 Å². The van der Waals surface area contributed by atoms with Crippen LogP contribution in [-0.4, -0.2) is 31.0 Å². The maximum absolute atomic E-state index is 12.8. The number of nitrogens with one attached hydrogen (secondary N) is 1. The number of anilines is 2. The van der Waals surface area contributed by atoms with E-state index in [9.17, 15) is 18.3 Å². The Labute approximate surface area is 186 Å². The van der Waals surface area contributed by atoms with Gasteiger partial charge in [0.05, 0.1) is 16.8 Å². The van der Waals surface area contributed by atoms with Crippen LogP contribution in [0.4, 0.5) is 11.5 Å². The van der Waals surface area contributed by atoms with Crippen LogP contribution in [0.15, 0.2) is 65.7 Å². The lowest BCUT2D eigenvalue weighted by Gasteiger charge is -2.24. The van der Waals surface area contributed by atoms with Gasteiger partial charge in [0.2, 0.25) is 0 Å². The van der Waals surface area contributed by atoms with Gasteiger partial charge in [-0.2, -0.15) is 0 Å². The summed E-state index contributed by atoms with van der Waals surface area (Å²) in [7, 11) is -3.98. The zero-order valence-electron chi connectivity index (χ0n) is 17.0. The number of benzene rings is 2. The van der Waals surface area contributed by atoms with Gasteiger partial charge in [0.1, 0.15) is 11.4 Å². The summed E-state index contributed by atoms with van der Waals surface area (Å²) in [4.78, 5) is 18.0. The van der Waals surface area contributed by atoms with Gasteiger partial charge in [-0.15, -0.1) is 0 Å². The monoisotopic (exact) mass is 459 g/mol. The first-order chi connectivity index (χ1) is 14.7. The van der Waals surface area contributed by atoms with Crippen molar-refractivity contribution in [2.75, 3.05) is 16.2 Å². The predicted molar refractivity (Wildman–Crippen MR) is 121 cm³/mol. The van der Waals surface area contributed by atoms with E-state index in [1.54, 1.807) is 13.0 Å². The van der Waals surface area contributed by atoms with Gasteiger partial charge in [-0.25, -0.2) is 18.2 Å².